The Balaban J connectivity index is 3.82. The smallest absolute Gasteiger partial charge is 0.221 e. The topological polar surface area (TPSA) is 64.4 Å². The van der Waals surface area contributed by atoms with Gasteiger partial charge in [-0.15, -0.1) is 0 Å². The lowest BCUT2D eigenvalue weighted by atomic mass is 9.89. The molecular formula is C13H28N2O2. The molecule has 0 aliphatic heterocycles. The number of rotatable bonds is 9. The molecule has 102 valence electrons. The van der Waals surface area contributed by atoms with E-state index in [4.69, 9.17) is 10.5 Å². The number of nitrogens with one attached hydrogen (secondary N) is 1. The van der Waals surface area contributed by atoms with E-state index in [0.29, 0.717) is 13.0 Å². The maximum atomic E-state index is 11.6. The number of nitrogens with two attached hydrogens (primary N) is 1. The molecule has 0 fully saturated rings. The first kappa shape index (κ1) is 16.4. The minimum Gasteiger partial charge on any atom is -0.385 e. The van der Waals surface area contributed by atoms with Crippen molar-refractivity contribution in [1.29, 1.82) is 0 Å². The number of carbonyl (C=O) groups is 1. The normalized spacial score (nSPS) is 13.5. The minimum atomic E-state index is -0.0120. The van der Waals surface area contributed by atoms with E-state index in [1.165, 1.54) is 0 Å². The zero-order valence-electron chi connectivity index (χ0n) is 11.7. The fraction of sp³-hybridized carbons (Fsp3) is 0.923. The van der Waals surface area contributed by atoms with Crippen LogP contribution in [0.2, 0.25) is 0 Å². The van der Waals surface area contributed by atoms with Crippen LogP contribution in [0.4, 0.5) is 0 Å². The summed E-state index contributed by atoms with van der Waals surface area (Å²) in [4.78, 5) is 11.6. The van der Waals surface area contributed by atoms with Crippen molar-refractivity contribution in [2.45, 2.75) is 52.5 Å². The predicted molar refractivity (Wildman–Crippen MR) is 70.8 cm³/mol. The van der Waals surface area contributed by atoms with Crippen LogP contribution in [0.15, 0.2) is 0 Å². The van der Waals surface area contributed by atoms with Crippen LogP contribution in [0.25, 0.3) is 0 Å². The average Bonchev–Trinajstić information content (AvgIpc) is 2.24. The van der Waals surface area contributed by atoms with E-state index in [-0.39, 0.29) is 17.4 Å². The summed E-state index contributed by atoms with van der Waals surface area (Å²) in [5.41, 5.74) is 5.89. The van der Waals surface area contributed by atoms with Gasteiger partial charge in [0.1, 0.15) is 0 Å². The van der Waals surface area contributed by atoms with Crippen LogP contribution < -0.4 is 11.1 Å². The minimum absolute atomic E-state index is 0.0120. The molecule has 0 saturated heterocycles. The summed E-state index contributed by atoms with van der Waals surface area (Å²) in [6, 6.07) is -0.0120. The van der Waals surface area contributed by atoms with Gasteiger partial charge >= 0.3 is 0 Å². The van der Waals surface area contributed by atoms with Crippen molar-refractivity contribution in [3.8, 4) is 0 Å². The summed E-state index contributed by atoms with van der Waals surface area (Å²) in [5.74, 6) is 0.0523. The second-order valence-electron chi connectivity index (χ2n) is 5.44. The Kier molecular flexibility index (Phi) is 8.17. The molecule has 4 heteroatoms. The van der Waals surface area contributed by atoms with Gasteiger partial charge < -0.3 is 15.8 Å². The molecule has 0 heterocycles. The fourth-order valence-electron chi connectivity index (χ4n) is 1.59. The van der Waals surface area contributed by atoms with Crippen molar-refractivity contribution < 1.29 is 9.53 Å². The van der Waals surface area contributed by atoms with Gasteiger partial charge in [-0.3, -0.25) is 4.79 Å². The van der Waals surface area contributed by atoms with E-state index < -0.39 is 0 Å². The molecule has 0 bridgehead atoms. The van der Waals surface area contributed by atoms with Gasteiger partial charge in [-0.2, -0.15) is 0 Å². The molecule has 1 amide bonds. The molecule has 0 aliphatic carbocycles. The number of hydrogen-bond acceptors (Lipinski definition) is 3. The second-order valence-corrected chi connectivity index (χ2v) is 5.44. The van der Waals surface area contributed by atoms with E-state index in [1.54, 1.807) is 7.11 Å². The Morgan fingerprint density at radius 3 is 2.65 bits per heavy atom. The van der Waals surface area contributed by atoms with Crippen LogP contribution in [-0.2, 0) is 9.53 Å². The highest BCUT2D eigenvalue weighted by Gasteiger charge is 2.19. The fourth-order valence-corrected chi connectivity index (χ4v) is 1.59. The molecule has 0 saturated carbocycles. The molecule has 4 nitrogen and oxygen atoms in total. The summed E-state index contributed by atoms with van der Waals surface area (Å²) >= 11 is 0. The van der Waals surface area contributed by atoms with Crippen LogP contribution in [0.3, 0.4) is 0 Å². The highest BCUT2D eigenvalue weighted by Crippen LogP contribution is 2.18. The molecule has 17 heavy (non-hydrogen) atoms. The number of hydrogen-bond donors (Lipinski definition) is 2. The van der Waals surface area contributed by atoms with E-state index >= 15 is 0 Å². The predicted octanol–water partition coefficient (Wildman–Crippen LogP) is 1.68. The second kappa shape index (κ2) is 8.48. The van der Waals surface area contributed by atoms with Gasteiger partial charge in [0.2, 0.25) is 5.91 Å². The van der Waals surface area contributed by atoms with Crippen molar-refractivity contribution >= 4 is 5.91 Å². The standard InChI is InChI=1S/C13H28N2O2/c1-5-6-11(14)9-12(16)15-10-13(2,3)7-8-17-4/h11H,5-10,14H2,1-4H3,(H,15,16). The molecule has 1 atom stereocenters. The Hall–Kier alpha value is -0.610. The van der Waals surface area contributed by atoms with Gasteiger partial charge in [-0.05, 0) is 18.3 Å². The zero-order chi connectivity index (χ0) is 13.3. The number of ether oxygens (including phenoxy) is 1. The van der Waals surface area contributed by atoms with Gasteiger partial charge in [0.25, 0.3) is 0 Å². The number of methoxy groups -OCH3 is 1. The highest BCUT2D eigenvalue weighted by atomic mass is 16.5. The van der Waals surface area contributed by atoms with Gasteiger partial charge in [-0.25, -0.2) is 0 Å². The Bertz CT molecular complexity index is 217. The molecule has 1 unspecified atom stereocenters. The lowest BCUT2D eigenvalue weighted by Gasteiger charge is -2.24. The van der Waals surface area contributed by atoms with Gasteiger partial charge in [-0.1, -0.05) is 27.2 Å². The summed E-state index contributed by atoms with van der Waals surface area (Å²) in [6.07, 6.45) is 3.28. The van der Waals surface area contributed by atoms with E-state index in [0.717, 1.165) is 25.9 Å². The highest BCUT2D eigenvalue weighted by molar-refractivity contribution is 5.76. The molecular weight excluding hydrogens is 216 g/mol. The van der Waals surface area contributed by atoms with Crippen molar-refractivity contribution in [2.24, 2.45) is 11.1 Å². The van der Waals surface area contributed by atoms with Gasteiger partial charge in [0.15, 0.2) is 0 Å². The van der Waals surface area contributed by atoms with Gasteiger partial charge in [0, 0.05) is 32.7 Å². The van der Waals surface area contributed by atoms with Crippen molar-refractivity contribution in [1.82, 2.24) is 5.32 Å². The van der Waals surface area contributed by atoms with Crippen LogP contribution in [0, 0.1) is 5.41 Å². The van der Waals surface area contributed by atoms with Crippen molar-refractivity contribution in [2.75, 3.05) is 20.3 Å². The molecule has 0 aliphatic rings. The third-order valence-corrected chi connectivity index (χ3v) is 2.85. The first-order valence-corrected chi connectivity index (χ1v) is 6.42. The zero-order valence-corrected chi connectivity index (χ0v) is 11.7. The third kappa shape index (κ3) is 9.12. The summed E-state index contributed by atoms with van der Waals surface area (Å²) in [6.45, 7) is 7.72. The number of carbonyl (C=O) groups excluding carboxylic acids is 1. The maximum Gasteiger partial charge on any atom is 0.221 e. The monoisotopic (exact) mass is 244 g/mol. The summed E-state index contributed by atoms with van der Waals surface area (Å²) in [5, 5.41) is 2.95. The third-order valence-electron chi connectivity index (χ3n) is 2.85. The first-order chi connectivity index (χ1) is 7.91. The summed E-state index contributed by atoms with van der Waals surface area (Å²) < 4.78 is 5.05. The lowest BCUT2D eigenvalue weighted by Crippen LogP contribution is -2.37. The van der Waals surface area contributed by atoms with Crippen LogP contribution in [0.1, 0.15) is 46.5 Å². The van der Waals surface area contributed by atoms with E-state index in [1.807, 2.05) is 0 Å². The van der Waals surface area contributed by atoms with Crippen molar-refractivity contribution in [3.63, 3.8) is 0 Å². The molecule has 3 N–H and O–H groups in total. The molecule has 0 rings (SSSR count). The van der Waals surface area contributed by atoms with E-state index in [9.17, 15) is 4.79 Å². The van der Waals surface area contributed by atoms with Gasteiger partial charge in [0.05, 0.1) is 0 Å². The summed E-state index contributed by atoms with van der Waals surface area (Å²) in [7, 11) is 1.69. The largest absolute Gasteiger partial charge is 0.385 e. The lowest BCUT2D eigenvalue weighted by molar-refractivity contribution is -0.121. The maximum absolute atomic E-state index is 11.6. The average molecular weight is 244 g/mol. The first-order valence-electron chi connectivity index (χ1n) is 6.42. The Morgan fingerprint density at radius 2 is 2.12 bits per heavy atom. The van der Waals surface area contributed by atoms with E-state index in [2.05, 4.69) is 26.1 Å². The SMILES string of the molecule is CCCC(N)CC(=O)NCC(C)(C)CCOC. The molecule has 0 radical (unpaired) electrons. The Labute approximate surface area is 105 Å². The van der Waals surface area contributed by atoms with Crippen LogP contribution in [-0.4, -0.2) is 32.2 Å². The van der Waals surface area contributed by atoms with Crippen LogP contribution in [0.5, 0.6) is 0 Å². The quantitative estimate of drug-likeness (QED) is 0.648. The van der Waals surface area contributed by atoms with Crippen molar-refractivity contribution in [3.05, 3.63) is 0 Å². The molecule has 0 aromatic heterocycles. The molecule has 0 aromatic carbocycles. The molecule has 0 spiro atoms. The van der Waals surface area contributed by atoms with Crippen LogP contribution >= 0.6 is 0 Å². The molecule has 0 aromatic rings. The number of amides is 1. The Morgan fingerprint density at radius 1 is 1.47 bits per heavy atom.